The normalized spacial score (nSPS) is 30.6. The smallest absolute Gasteiger partial charge is 0.315 e. The first-order chi connectivity index (χ1) is 16.9. The van der Waals surface area contributed by atoms with Crippen molar-refractivity contribution in [2.24, 2.45) is 17.3 Å². The highest BCUT2D eigenvalue weighted by Gasteiger charge is 2.51. The van der Waals surface area contributed by atoms with Gasteiger partial charge in [0.2, 0.25) is 11.8 Å². The zero-order valence-electron chi connectivity index (χ0n) is 21.7. The highest BCUT2D eigenvalue weighted by atomic mass is 35.5. The van der Waals surface area contributed by atoms with Gasteiger partial charge in [-0.05, 0) is 55.7 Å². The predicted octanol–water partition coefficient (Wildman–Crippen LogP) is 3.17. The van der Waals surface area contributed by atoms with E-state index < -0.39 is 17.1 Å². The van der Waals surface area contributed by atoms with E-state index in [-0.39, 0.29) is 35.2 Å². The van der Waals surface area contributed by atoms with E-state index in [4.69, 9.17) is 11.6 Å². The Kier molecular flexibility index (Phi) is 7.32. The van der Waals surface area contributed by atoms with Crippen LogP contribution >= 0.6 is 11.6 Å². The van der Waals surface area contributed by atoms with Gasteiger partial charge in [-0.1, -0.05) is 51.4 Å². The Hall–Kier alpha value is -2.32. The van der Waals surface area contributed by atoms with E-state index in [1.54, 1.807) is 17.0 Å². The Labute approximate surface area is 218 Å². The minimum atomic E-state index is -1.09. The Balaban J connectivity index is 1.42. The fraction of sp³-hybridized carbons (Fsp3) is 0.667. The van der Waals surface area contributed by atoms with Crippen LogP contribution in [0.1, 0.15) is 65.4 Å². The van der Waals surface area contributed by atoms with Gasteiger partial charge in [-0.15, -0.1) is 0 Å². The van der Waals surface area contributed by atoms with Gasteiger partial charge < -0.3 is 26.0 Å². The summed E-state index contributed by atoms with van der Waals surface area (Å²) in [6, 6.07) is 6.41. The van der Waals surface area contributed by atoms with Gasteiger partial charge in [0, 0.05) is 41.5 Å². The number of likely N-dealkylation sites (tertiary alicyclic amines) is 1. The molecule has 1 aliphatic carbocycles. The van der Waals surface area contributed by atoms with Crippen LogP contribution in [-0.4, -0.2) is 59.1 Å². The van der Waals surface area contributed by atoms with E-state index in [0.717, 1.165) is 18.4 Å². The third kappa shape index (κ3) is 5.07. The van der Waals surface area contributed by atoms with Gasteiger partial charge in [0.1, 0.15) is 6.04 Å². The molecule has 0 radical (unpaired) electrons. The lowest BCUT2D eigenvalue weighted by atomic mass is 9.66. The van der Waals surface area contributed by atoms with Crippen LogP contribution in [0.4, 0.5) is 4.79 Å². The summed E-state index contributed by atoms with van der Waals surface area (Å²) in [5.41, 5.74) is -1.24. The number of nitrogens with one attached hydrogen (secondary N) is 3. The van der Waals surface area contributed by atoms with Crippen molar-refractivity contribution in [2.75, 3.05) is 19.6 Å². The average Bonchev–Trinajstić information content (AvgIpc) is 3.21. The van der Waals surface area contributed by atoms with Gasteiger partial charge in [0.25, 0.3) is 0 Å². The van der Waals surface area contributed by atoms with Crippen LogP contribution in [0.3, 0.4) is 0 Å². The van der Waals surface area contributed by atoms with Crippen molar-refractivity contribution < 1.29 is 19.5 Å². The number of hydrogen-bond acceptors (Lipinski definition) is 4. The summed E-state index contributed by atoms with van der Waals surface area (Å²) in [6.45, 7) is 9.18. The number of piperidine rings is 1. The van der Waals surface area contributed by atoms with E-state index in [1.807, 2.05) is 39.8 Å². The third-order valence-electron chi connectivity index (χ3n) is 8.56. The molecule has 4 rings (SSSR count). The van der Waals surface area contributed by atoms with Crippen molar-refractivity contribution in [2.45, 2.75) is 77.0 Å². The number of hydrogen-bond donors (Lipinski definition) is 4. The van der Waals surface area contributed by atoms with Gasteiger partial charge in [0.05, 0.1) is 5.60 Å². The maximum Gasteiger partial charge on any atom is 0.315 e. The lowest BCUT2D eigenvalue weighted by molar-refractivity contribution is -0.157. The Morgan fingerprint density at radius 3 is 2.47 bits per heavy atom. The van der Waals surface area contributed by atoms with E-state index in [9.17, 15) is 19.5 Å². The van der Waals surface area contributed by atoms with Crippen LogP contribution in [0.2, 0.25) is 5.02 Å². The molecular weight excluding hydrogens is 480 g/mol. The van der Waals surface area contributed by atoms with E-state index in [1.165, 1.54) is 0 Å². The number of benzene rings is 1. The lowest BCUT2D eigenvalue weighted by Gasteiger charge is -2.51. The van der Waals surface area contributed by atoms with Crippen molar-refractivity contribution in [3.05, 3.63) is 34.9 Å². The standard InChI is InChI=1S/C27H39ClN4O4/c1-17(2)21(30-22(33)18-9-10-26(15-18)11-13-29-24(35)31-26)23(34)32-14-12-27(36,25(3,4)16-32)19-5-7-20(28)8-6-19/h5-8,17-18,21,36H,9-16H2,1-4H3,(H,30,33)(H2,29,31,35). The lowest BCUT2D eigenvalue weighted by Crippen LogP contribution is -2.61. The largest absolute Gasteiger partial charge is 0.384 e. The van der Waals surface area contributed by atoms with Crippen LogP contribution in [-0.2, 0) is 15.2 Å². The van der Waals surface area contributed by atoms with Gasteiger partial charge in [-0.25, -0.2) is 4.79 Å². The topological polar surface area (TPSA) is 111 Å². The number of rotatable bonds is 5. The molecule has 2 aliphatic heterocycles. The van der Waals surface area contributed by atoms with Crippen LogP contribution in [0.25, 0.3) is 0 Å². The molecule has 1 saturated carbocycles. The molecule has 4 unspecified atom stereocenters. The number of carbonyl (C=O) groups is 3. The first-order valence-electron chi connectivity index (χ1n) is 13.0. The molecule has 0 aromatic heterocycles. The van der Waals surface area contributed by atoms with Crippen molar-refractivity contribution in [1.29, 1.82) is 0 Å². The predicted molar refractivity (Wildman–Crippen MR) is 138 cm³/mol. The summed E-state index contributed by atoms with van der Waals surface area (Å²) in [5, 5.41) is 21.1. The zero-order chi connectivity index (χ0) is 26.3. The number of amides is 4. The number of aliphatic hydroxyl groups is 1. The van der Waals surface area contributed by atoms with Gasteiger partial charge in [-0.3, -0.25) is 9.59 Å². The molecule has 4 atom stereocenters. The number of nitrogens with zero attached hydrogens (tertiary/aromatic N) is 1. The SMILES string of the molecule is CC(C)C(NC(=O)C1CCC2(CCNC(=O)N2)C1)C(=O)N1CCC(O)(c2ccc(Cl)cc2)C(C)(C)C1. The molecule has 4 N–H and O–H groups in total. The summed E-state index contributed by atoms with van der Waals surface area (Å²) >= 11 is 6.04. The second kappa shape index (κ2) is 9.86. The van der Waals surface area contributed by atoms with Gasteiger partial charge in [-0.2, -0.15) is 0 Å². The quantitative estimate of drug-likeness (QED) is 0.479. The monoisotopic (exact) mass is 518 g/mol. The summed E-state index contributed by atoms with van der Waals surface area (Å²) in [4.78, 5) is 40.5. The van der Waals surface area contributed by atoms with Crippen LogP contribution in [0, 0.1) is 17.3 Å². The number of carbonyl (C=O) groups excluding carboxylic acids is 3. The Bertz CT molecular complexity index is 1010. The third-order valence-corrected chi connectivity index (χ3v) is 8.81. The first kappa shape index (κ1) is 26.7. The zero-order valence-corrected chi connectivity index (χ0v) is 22.5. The fourth-order valence-corrected chi connectivity index (χ4v) is 6.33. The van der Waals surface area contributed by atoms with E-state index in [2.05, 4.69) is 16.0 Å². The highest BCUT2D eigenvalue weighted by Crippen LogP contribution is 2.46. The number of halogens is 1. The average molecular weight is 519 g/mol. The maximum atomic E-state index is 13.7. The molecule has 3 fully saturated rings. The number of urea groups is 1. The molecule has 198 valence electrons. The van der Waals surface area contributed by atoms with Crippen molar-refractivity contribution >= 4 is 29.4 Å². The van der Waals surface area contributed by atoms with Crippen LogP contribution < -0.4 is 16.0 Å². The Morgan fingerprint density at radius 2 is 1.86 bits per heavy atom. The van der Waals surface area contributed by atoms with Gasteiger partial charge >= 0.3 is 6.03 Å². The summed E-state index contributed by atoms with van der Waals surface area (Å²) in [7, 11) is 0. The van der Waals surface area contributed by atoms with Crippen LogP contribution in [0.5, 0.6) is 0 Å². The van der Waals surface area contributed by atoms with E-state index in [0.29, 0.717) is 43.9 Å². The molecule has 1 spiro atoms. The summed E-state index contributed by atoms with van der Waals surface area (Å²) < 4.78 is 0. The summed E-state index contributed by atoms with van der Waals surface area (Å²) in [6.07, 6.45) is 3.24. The molecule has 8 nitrogen and oxygen atoms in total. The second-order valence-corrected chi connectivity index (χ2v) is 12.3. The molecule has 1 aromatic carbocycles. The maximum absolute atomic E-state index is 13.7. The molecule has 2 heterocycles. The summed E-state index contributed by atoms with van der Waals surface area (Å²) in [5.74, 6) is -0.561. The minimum Gasteiger partial charge on any atom is -0.384 e. The van der Waals surface area contributed by atoms with Gasteiger partial charge in [0.15, 0.2) is 0 Å². The molecule has 2 saturated heterocycles. The second-order valence-electron chi connectivity index (χ2n) is 11.8. The first-order valence-corrected chi connectivity index (χ1v) is 13.4. The van der Waals surface area contributed by atoms with Crippen molar-refractivity contribution in [3.63, 3.8) is 0 Å². The molecule has 36 heavy (non-hydrogen) atoms. The van der Waals surface area contributed by atoms with Crippen molar-refractivity contribution in [1.82, 2.24) is 20.9 Å². The molecule has 4 amide bonds. The molecule has 1 aromatic rings. The van der Waals surface area contributed by atoms with Crippen LogP contribution in [0.15, 0.2) is 24.3 Å². The van der Waals surface area contributed by atoms with E-state index >= 15 is 0 Å². The molecular formula is C27H39ClN4O4. The molecule has 0 bridgehead atoms. The van der Waals surface area contributed by atoms with Crippen molar-refractivity contribution in [3.8, 4) is 0 Å². The highest BCUT2D eigenvalue weighted by molar-refractivity contribution is 6.30. The molecule has 3 aliphatic rings. The fourth-order valence-electron chi connectivity index (χ4n) is 6.21. The molecule has 9 heteroatoms. The minimum absolute atomic E-state index is 0.0874. The Morgan fingerprint density at radius 1 is 1.17 bits per heavy atom.